The number of aryl methyl sites for hydroxylation is 2. The van der Waals surface area contributed by atoms with Crippen LogP contribution in [-0.4, -0.2) is 15.8 Å². The second-order valence-electron chi connectivity index (χ2n) is 7.50. The number of hydrogen-bond donors (Lipinski definition) is 2. The number of aromatic nitrogens is 2. The van der Waals surface area contributed by atoms with E-state index in [2.05, 4.69) is 15.7 Å². The molecule has 28 heavy (non-hydrogen) atoms. The van der Waals surface area contributed by atoms with Crippen LogP contribution in [0.3, 0.4) is 0 Å². The third-order valence-corrected chi connectivity index (χ3v) is 4.61. The summed E-state index contributed by atoms with van der Waals surface area (Å²) in [4.78, 5) is 12.5. The minimum absolute atomic E-state index is 0.302. The molecule has 0 bridgehead atoms. The summed E-state index contributed by atoms with van der Waals surface area (Å²) in [6.45, 7) is 8.37. The number of amides is 2. The van der Waals surface area contributed by atoms with Gasteiger partial charge in [-0.2, -0.15) is 5.10 Å². The van der Waals surface area contributed by atoms with E-state index in [4.69, 9.17) is 0 Å². The quantitative estimate of drug-likeness (QED) is 0.671. The van der Waals surface area contributed by atoms with Gasteiger partial charge in [0.15, 0.2) is 0 Å². The number of anilines is 1. The first-order chi connectivity index (χ1) is 13.2. The Kier molecular flexibility index (Phi) is 5.49. The van der Waals surface area contributed by atoms with Crippen LogP contribution in [0.4, 0.5) is 14.9 Å². The number of carbonyl (C=O) groups is 1. The van der Waals surface area contributed by atoms with Crippen LogP contribution in [0.2, 0.25) is 0 Å². The van der Waals surface area contributed by atoms with Crippen molar-refractivity contribution in [2.75, 3.05) is 5.32 Å². The van der Waals surface area contributed by atoms with Crippen LogP contribution >= 0.6 is 0 Å². The normalized spacial score (nSPS) is 11.3. The highest BCUT2D eigenvalue weighted by Crippen LogP contribution is 2.21. The van der Waals surface area contributed by atoms with Gasteiger partial charge >= 0.3 is 6.03 Å². The van der Waals surface area contributed by atoms with Crippen LogP contribution in [0.1, 0.15) is 36.4 Å². The molecule has 146 valence electrons. The number of halogens is 1. The minimum atomic E-state index is -0.640. The number of hydrogen-bond acceptors (Lipinski definition) is 2. The van der Waals surface area contributed by atoms with Gasteiger partial charge in [0.05, 0.1) is 17.8 Å². The first kappa shape index (κ1) is 19.6. The van der Waals surface area contributed by atoms with Crippen molar-refractivity contribution in [2.24, 2.45) is 0 Å². The van der Waals surface area contributed by atoms with Crippen molar-refractivity contribution in [1.82, 2.24) is 15.1 Å². The van der Waals surface area contributed by atoms with E-state index in [0.29, 0.717) is 12.2 Å². The zero-order chi connectivity index (χ0) is 20.3. The van der Waals surface area contributed by atoms with Crippen molar-refractivity contribution < 1.29 is 9.18 Å². The molecule has 2 N–H and O–H groups in total. The Bertz CT molecular complexity index is 976. The lowest BCUT2D eigenvalue weighted by molar-refractivity contribution is 0.242. The van der Waals surface area contributed by atoms with Gasteiger partial charge in [0.1, 0.15) is 5.82 Å². The number of benzene rings is 2. The van der Waals surface area contributed by atoms with Gasteiger partial charge < -0.3 is 10.6 Å². The molecule has 2 aromatic carbocycles. The molecular weight excluding hydrogens is 355 g/mol. The van der Waals surface area contributed by atoms with Crippen LogP contribution in [0.5, 0.6) is 0 Å². The minimum Gasteiger partial charge on any atom is -0.329 e. The first-order valence-electron chi connectivity index (χ1n) is 9.18. The molecule has 1 heterocycles. The maximum atomic E-state index is 13.1. The Morgan fingerprint density at radius 3 is 2.46 bits per heavy atom. The molecule has 0 saturated heterocycles. The monoisotopic (exact) mass is 380 g/mol. The average molecular weight is 380 g/mol. The van der Waals surface area contributed by atoms with Crippen LogP contribution in [-0.2, 0) is 12.1 Å². The van der Waals surface area contributed by atoms with Gasteiger partial charge in [-0.15, -0.1) is 0 Å². The second kappa shape index (κ2) is 7.84. The summed E-state index contributed by atoms with van der Waals surface area (Å²) in [5, 5.41) is 10.3. The predicted octanol–water partition coefficient (Wildman–Crippen LogP) is 4.74. The lowest BCUT2D eigenvalue weighted by atomic mass is 9.94. The Hall–Kier alpha value is -3.15. The molecule has 3 aromatic rings. The van der Waals surface area contributed by atoms with E-state index in [1.54, 1.807) is 12.1 Å². The molecule has 0 aliphatic carbocycles. The summed E-state index contributed by atoms with van der Waals surface area (Å²) in [5.74, 6) is -0.302. The number of rotatable bonds is 5. The van der Waals surface area contributed by atoms with Crippen molar-refractivity contribution in [2.45, 2.75) is 39.8 Å². The van der Waals surface area contributed by atoms with E-state index >= 15 is 0 Å². The molecule has 0 fully saturated rings. The highest BCUT2D eigenvalue weighted by molar-refractivity contribution is 5.89. The third kappa shape index (κ3) is 4.76. The van der Waals surface area contributed by atoms with Crippen molar-refractivity contribution in [3.63, 3.8) is 0 Å². The van der Waals surface area contributed by atoms with Crippen LogP contribution in [0, 0.1) is 19.7 Å². The smallest absolute Gasteiger partial charge is 0.319 e. The lowest BCUT2D eigenvalue weighted by Crippen LogP contribution is -2.43. The summed E-state index contributed by atoms with van der Waals surface area (Å²) in [6.07, 6.45) is 0. The Morgan fingerprint density at radius 2 is 1.82 bits per heavy atom. The van der Waals surface area contributed by atoms with Crippen molar-refractivity contribution in [3.05, 3.63) is 82.9 Å². The highest BCUT2D eigenvalue weighted by atomic mass is 19.1. The Labute approximate surface area is 164 Å². The molecule has 0 saturated carbocycles. The van der Waals surface area contributed by atoms with E-state index < -0.39 is 5.54 Å². The molecular formula is C22H25FN4O. The number of nitrogens with one attached hydrogen (secondary N) is 2. The molecule has 2 amide bonds. The molecule has 0 aliphatic rings. The maximum Gasteiger partial charge on any atom is 0.319 e. The van der Waals surface area contributed by atoms with Crippen LogP contribution in [0.25, 0.3) is 0 Å². The molecule has 3 rings (SSSR count). The summed E-state index contributed by atoms with van der Waals surface area (Å²) in [7, 11) is 0. The van der Waals surface area contributed by atoms with Crippen molar-refractivity contribution >= 4 is 11.7 Å². The molecule has 0 spiro atoms. The number of nitrogens with zero attached hydrogens (tertiary/aromatic N) is 2. The van der Waals surface area contributed by atoms with Gasteiger partial charge in [-0.1, -0.05) is 24.3 Å². The van der Waals surface area contributed by atoms with Crippen LogP contribution in [0.15, 0.2) is 54.6 Å². The topological polar surface area (TPSA) is 59.0 Å². The fourth-order valence-corrected chi connectivity index (χ4v) is 3.14. The van der Waals surface area contributed by atoms with Gasteiger partial charge in [0.25, 0.3) is 0 Å². The van der Waals surface area contributed by atoms with E-state index in [9.17, 15) is 9.18 Å². The van der Waals surface area contributed by atoms with Gasteiger partial charge in [0.2, 0.25) is 0 Å². The standard InChI is InChI=1S/C22H25FN4O/c1-15-12-16(2)27(26-15)14-17-6-5-7-20(13-17)24-21(28)25-22(3,4)18-8-10-19(23)11-9-18/h5-13H,14H2,1-4H3,(H2,24,25,28). The third-order valence-electron chi connectivity index (χ3n) is 4.61. The average Bonchev–Trinajstić information content (AvgIpc) is 2.92. The van der Waals surface area contributed by atoms with Gasteiger partial charge in [-0.05, 0) is 69.2 Å². The largest absolute Gasteiger partial charge is 0.329 e. The molecule has 5 nitrogen and oxygen atoms in total. The SMILES string of the molecule is Cc1cc(C)n(Cc2cccc(NC(=O)NC(C)(C)c3ccc(F)cc3)c2)n1. The van der Waals surface area contributed by atoms with Gasteiger partial charge in [-0.25, -0.2) is 9.18 Å². The lowest BCUT2D eigenvalue weighted by Gasteiger charge is -2.27. The van der Waals surface area contributed by atoms with E-state index in [1.807, 2.05) is 62.7 Å². The maximum absolute atomic E-state index is 13.1. The number of carbonyl (C=O) groups excluding carboxylic acids is 1. The molecule has 1 aromatic heterocycles. The number of urea groups is 1. The van der Waals surface area contributed by atoms with E-state index in [0.717, 1.165) is 22.5 Å². The Morgan fingerprint density at radius 1 is 1.11 bits per heavy atom. The summed E-state index contributed by atoms with van der Waals surface area (Å²) < 4.78 is 15.1. The van der Waals surface area contributed by atoms with E-state index in [-0.39, 0.29) is 11.8 Å². The van der Waals surface area contributed by atoms with E-state index in [1.165, 1.54) is 12.1 Å². The summed E-state index contributed by atoms with van der Waals surface area (Å²) in [6, 6.07) is 15.5. The van der Waals surface area contributed by atoms with Gasteiger partial charge in [0, 0.05) is 11.4 Å². The molecule has 0 radical (unpaired) electrons. The highest BCUT2D eigenvalue weighted by Gasteiger charge is 2.23. The summed E-state index contributed by atoms with van der Waals surface area (Å²) in [5.41, 5.74) is 4.00. The zero-order valence-corrected chi connectivity index (χ0v) is 16.6. The van der Waals surface area contributed by atoms with Crippen molar-refractivity contribution in [1.29, 1.82) is 0 Å². The predicted molar refractivity (Wildman–Crippen MR) is 109 cm³/mol. The molecule has 0 aliphatic heterocycles. The zero-order valence-electron chi connectivity index (χ0n) is 16.6. The van der Waals surface area contributed by atoms with Crippen molar-refractivity contribution in [3.8, 4) is 0 Å². The van der Waals surface area contributed by atoms with Gasteiger partial charge in [-0.3, -0.25) is 4.68 Å². The molecule has 0 unspecified atom stereocenters. The fraction of sp³-hybridized carbons (Fsp3) is 0.273. The first-order valence-corrected chi connectivity index (χ1v) is 9.18. The second-order valence-corrected chi connectivity index (χ2v) is 7.50. The molecule has 6 heteroatoms. The summed E-state index contributed by atoms with van der Waals surface area (Å²) >= 11 is 0. The fourth-order valence-electron chi connectivity index (χ4n) is 3.14. The molecule has 0 atom stereocenters. The van der Waals surface area contributed by atoms with Crippen LogP contribution < -0.4 is 10.6 Å². The Balaban J connectivity index is 1.67.